The monoisotopic (exact) mass is 284 g/mol. The fourth-order valence-corrected chi connectivity index (χ4v) is 1.66. The van der Waals surface area contributed by atoms with Gasteiger partial charge in [0.25, 0.3) is 5.91 Å². The molecule has 106 valence electrons. The van der Waals surface area contributed by atoms with Gasteiger partial charge in [-0.1, -0.05) is 6.07 Å². The van der Waals surface area contributed by atoms with Gasteiger partial charge in [0, 0.05) is 25.0 Å². The van der Waals surface area contributed by atoms with Crippen molar-refractivity contribution >= 4 is 11.6 Å². The number of aromatic nitrogens is 1. The first-order chi connectivity index (χ1) is 9.35. The van der Waals surface area contributed by atoms with E-state index < -0.39 is 12.3 Å². The number of nitrogens with zero attached hydrogens (tertiary/aromatic N) is 1. The van der Waals surface area contributed by atoms with Gasteiger partial charge in [0.15, 0.2) is 0 Å². The number of hydrogen-bond acceptors (Lipinski definition) is 2. The largest absolute Gasteiger partial charge is 0.573 e. The SMILES string of the molecule is Cn1cccc1C(=O)Nc1cccc(OC(F)(F)F)c1. The zero-order chi connectivity index (χ0) is 14.8. The van der Waals surface area contributed by atoms with Crippen molar-refractivity contribution in [3.8, 4) is 5.75 Å². The van der Waals surface area contributed by atoms with Crippen LogP contribution >= 0.6 is 0 Å². The fourth-order valence-electron chi connectivity index (χ4n) is 1.66. The second-order valence-electron chi connectivity index (χ2n) is 4.03. The van der Waals surface area contributed by atoms with Gasteiger partial charge in [0.1, 0.15) is 11.4 Å². The summed E-state index contributed by atoms with van der Waals surface area (Å²) in [6, 6.07) is 8.40. The molecule has 0 bridgehead atoms. The molecule has 0 aliphatic carbocycles. The van der Waals surface area contributed by atoms with Crippen LogP contribution in [0.15, 0.2) is 42.6 Å². The highest BCUT2D eigenvalue weighted by molar-refractivity contribution is 6.03. The predicted octanol–water partition coefficient (Wildman–Crippen LogP) is 3.18. The smallest absolute Gasteiger partial charge is 0.406 e. The molecule has 0 fully saturated rings. The Hall–Kier alpha value is -2.44. The first-order valence-corrected chi connectivity index (χ1v) is 5.64. The molecular formula is C13H11F3N2O2. The Bertz CT molecular complexity index is 620. The van der Waals surface area contributed by atoms with Crippen LogP contribution in [0.3, 0.4) is 0 Å². The molecule has 0 aliphatic rings. The summed E-state index contributed by atoms with van der Waals surface area (Å²) in [6.07, 6.45) is -3.07. The van der Waals surface area contributed by atoms with Gasteiger partial charge < -0.3 is 14.6 Å². The average Bonchev–Trinajstić information content (AvgIpc) is 2.73. The number of rotatable bonds is 3. The first kappa shape index (κ1) is 14.0. The number of carbonyl (C=O) groups is 1. The summed E-state index contributed by atoms with van der Waals surface area (Å²) in [5.74, 6) is -0.802. The van der Waals surface area contributed by atoms with Gasteiger partial charge in [-0.05, 0) is 24.3 Å². The first-order valence-electron chi connectivity index (χ1n) is 5.64. The van der Waals surface area contributed by atoms with Crippen molar-refractivity contribution in [2.75, 3.05) is 5.32 Å². The summed E-state index contributed by atoms with van der Waals surface area (Å²) in [6.45, 7) is 0. The Morgan fingerprint density at radius 3 is 2.60 bits per heavy atom. The highest BCUT2D eigenvalue weighted by atomic mass is 19.4. The van der Waals surface area contributed by atoms with Crippen molar-refractivity contribution < 1.29 is 22.7 Å². The van der Waals surface area contributed by atoms with E-state index in [4.69, 9.17) is 0 Å². The highest BCUT2D eigenvalue weighted by Crippen LogP contribution is 2.25. The number of alkyl halides is 3. The number of aryl methyl sites for hydroxylation is 1. The lowest BCUT2D eigenvalue weighted by atomic mass is 10.3. The van der Waals surface area contributed by atoms with E-state index in [1.165, 1.54) is 12.1 Å². The van der Waals surface area contributed by atoms with Crippen LogP contribution < -0.4 is 10.1 Å². The van der Waals surface area contributed by atoms with Crippen molar-refractivity contribution in [2.24, 2.45) is 7.05 Å². The number of benzene rings is 1. The fraction of sp³-hybridized carbons (Fsp3) is 0.154. The number of nitrogens with one attached hydrogen (secondary N) is 1. The zero-order valence-corrected chi connectivity index (χ0v) is 10.4. The molecule has 7 heteroatoms. The van der Waals surface area contributed by atoms with Gasteiger partial charge in [-0.15, -0.1) is 13.2 Å². The van der Waals surface area contributed by atoms with Crippen LogP contribution in [0.1, 0.15) is 10.5 Å². The zero-order valence-electron chi connectivity index (χ0n) is 10.4. The van der Waals surface area contributed by atoms with E-state index in [0.29, 0.717) is 5.69 Å². The van der Waals surface area contributed by atoms with Crippen molar-refractivity contribution in [1.29, 1.82) is 0 Å². The maximum Gasteiger partial charge on any atom is 0.573 e. The Morgan fingerprint density at radius 2 is 2.00 bits per heavy atom. The molecule has 0 radical (unpaired) electrons. The van der Waals surface area contributed by atoms with Crippen LogP contribution in [0.25, 0.3) is 0 Å². The minimum absolute atomic E-state index is 0.220. The minimum Gasteiger partial charge on any atom is -0.406 e. The van der Waals surface area contributed by atoms with E-state index in [0.717, 1.165) is 12.1 Å². The maximum absolute atomic E-state index is 12.1. The maximum atomic E-state index is 12.1. The van der Waals surface area contributed by atoms with Gasteiger partial charge in [-0.25, -0.2) is 0 Å². The topological polar surface area (TPSA) is 43.3 Å². The Labute approximate surface area is 112 Å². The lowest BCUT2D eigenvalue weighted by Crippen LogP contribution is -2.18. The van der Waals surface area contributed by atoms with Crippen molar-refractivity contribution in [3.05, 3.63) is 48.3 Å². The molecule has 0 atom stereocenters. The molecule has 1 aromatic carbocycles. The van der Waals surface area contributed by atoms with Crippen LogP contribution in [-0.4, -0.2) is 16.8 Å². The number of ether oxygens (including phenoxy) is 1. The summed E-state index contributed by atoms with van der Waals surface area (Å²) in [4.78, 5) is 11.9. The van der Waals surface area contributed by atoms with Gasteiger partial charge in [0.2, 0.25) is 0 Å². The lowest BCUT2D eigenvalue weighted by Gasteiger charge is -2.11. The second kappa shape index (κ2) is 5.28. The van der Waals surface area contributed by atoms with Crippen LogP contribution in [0.5, 0.6) is 5.75 Å². The molecule has 1 N–H and O–H groups in total. The third-order valence-corrected chi connectivity index (χ3v) is 2.50. The lowest BCUT2D eigenvalue weighted by molar-refractivity contribution is -0.274. The highest BCUT2D eigenvalue weighted by Gasteiger charge is 2.31. The van der Waals surface area contributed by atoms with Crippen LogP contribution in [0.4, 0.5) is 18.9 Å². The Balaban J connectivity index is 2.12. The van der Waals surface area contributed by atoms with Crippen molar-refractivity contribution in [1.82, 2.24) is 4.57 Å². The number of carbonyl (C=O) groups excluding carboxylic acids is 1. The minimum atomic E-state index is -4.76. The van der Waals surface area contributed by atoms with E-state index in [9.17, 15) is 18.0 Å². The number of amides is 1. The standard InChI is InChI=1S/C13H11F3N2O2/c1-18-7-3-6-11(18)12(19)17-9-4-2-5-10(8-9)20-13(14,15)16/h2-8H,1H3,(H,17,19). The normalized spacial score (nSPS) is 11.2. The summed E-state index contributed by atoms with van der Waals surface area (Å²) in [5, 5.41) is 2.50. The molecule has 2 aromatic rings. The molecule has 1 amide bonds. The molecule has 0 saturated carbocycles. The van der Waals surface area contributed by atoms with Crippen molar-refractivity contribution in [3.63, 3.8) is 0 Å². The van der Waals surface area contributed by atoms with Gasteiger partial charge >= 0.3 is 6.36 Å². The van der Waals surface area contributed by atoms with Gasteiger partial charge in [-0.2, -0.15) is 0 Å². The van der Waals surface area contributed by atoms with E-state index in [-0.39, 0.29) is 11.4 Å². The molecule has 0 saturated heterocycles. The Morgan fingerprint density at radius 1 is 1.25 bits per heavy atom. The van der Waals surface area contributed by atoms with Crippen LogP contribution in [-0.2, 0) is 7.05 Å². The van der Waals surface area contributed by atoms with Gasteiger partial charge in [0.05, 0.1) is 0 Å². The molecule has 2 rings (SSSR count). The predicted molar refractivity (Wildman–Crippen MR) is 66.5 cm³/mol. The summed E-state index contributed by atoms with van der Waals surface area (Å²) < 4.78 is 41.7. The third kappa shape index (κ3) is 3.53. The number of halogens is 3. The molecule has 4 nitrogen and oxygen atoms in total. The molecule has 1 heterocycles. The number of hydrogen-bond donors (Lipinski definition) is 1. The van der Waals surface area contributed by atoms with E-state index in [2.05, 4.69) is 10.1 Å². The molecule has 0 spiro atoms. The molecular weight excluding hydrogens is 273 g/mol. The second-order valence-corrected chi connectivity index (χ2v) is 4.03. The third-order valence-electron chi connectivity index (χ3n) is 2.50. The van der Waals surface area contributed by atoms with Crippen LogP contribution in [0.2, 0.25) is 0 Å². The molecule has 0 unspecified atom stereocenters. The molecule has 1 aromatic heterocycles. The van der Waals surface area contributed by atoms with E-state index in [1.807, 2.05) is 0 Å². The van der Waals surface area contributed by atoms with Crippen LogP contribution in [0, 0.1) is 0 Å². The quantitative estimate of drug-likeness (QED) is 0.940. The summed E-state index contributed by atoms with van der Waals surface area (Å²) in [5.41, 5.74) is 0.616. The Kier molecular flexibility index (Phi) is 3.69. The molecule has 0 aliphatic heterocycles. The van der Waals surface area contributed by atoms with E-state index in [1.54, 1.807) is 29.9 Å². The van der Waals surface area contributed by atoms with E-state index >= 15 is 0 Å². The van der Waals surface area contributed by atoms with Gasteiger partial charge in [-0.3, -0.25) is 4.79 Å². The number of anilines is 1. The average molecular weight is 284 g/mol. The summed E-state index contributed by atoms with van der Waals surface area (Å²) >= 11 is 0. The van der Waals surface area contributed by atoms with Crippen molar-refractivity contribution in [2.45, 2.75) is 6.36 Å². The summed E-state index contributed by atoms with van der Waals surface area (Å²) in [7, 11) is 1.69. The molecule has 20 heavy (non-hydrogen) atoms.